The molecule has 5 nitrogen and oxygen atoms in total. The van der Waals surface area contributed by atoms with E-state index in [1.165, 1.54) is 0 Å². The van der Waals surface area contributed by atoms with Gasteiger partial charge in [-0.3, -0.25) is 4.79 Å². The Balaban J connectivity index is 3.78. The van der Waals surface area contributed by atoms with Crippen molar-refractivity contribution in [3.63, 3.8) is 0 Å². The van der Waals surface area contributed by atoms with Gasteiger partial charge in [0, 0.05) is 19.4 Å². The molecule has 0 radical (unpaired) electrons. The van der Waals surface area contributed by atoms with Gasteiger partial charge < -0.3 is 15.5 Å². The van der Waals surface area contributed by atoms with Gasteiger partial charge in [0.05, 0.1) is 0 Å². The summed E-state index contributed by atoms with van der Waals surface area (Å²) in [6.45, 7) is 1.69. The number of aliphatic carboxylic acids is 1. The normalized spacial score (nSPS) is 12.6. The van der Waals surface area contributed by atoms with Crippen LogP contribution >= 0.6 is 0 Å². The Morgan fingerprint density at radius 2 is 2.06 bits per heavy atom. The Hall–Kier alpha value is -1.36. The lowest BCUT2D eigenvalue weighted by molar-refractivity contribution is -0.142. The van der Waals surface area contributed by atoms with Gasteiger partial charge in [0.15, 0.2) is 0 Å². The van der Waals surface area contributed by atoms with Crippen LogP contribution < -0.4 is 5.32 Å². The Morgan fingerprint density at radius 1 is 1.35 bits per heavy atom. The molecule has 1 amide bonds. The lowest BCUT2D eigenvalue weighted by atomic mass is 10.1. The first-order valence-electron chi connectivity index (χ1n) is 5.86. The van der Waals surface area contributed by atoms with Crippen LogP contribution in [0.3, 0.4) is 0 Å². The number of aliphatic hydroxyl groups excluding tert-OH is 1. The predicted octanol–water partition coefficient (Wildman–Crippen LogP) is 1.07. The lowest BCUT2D eigenvalue weighted by Gasteiger charge is -2.12. The van der Waals surface area contributed by atoms with Crippen molar-refractivity contribution in [3.05, 3.63) is 12.2 Å². The summed E-state index contributed by atoms with van der Waals surface area (Å²) in [6.07, 6.45) is 6.94. The van der Waals surface area contributed by atoms with E-state index >= 15 is 0 Å². The molecule has 17 heavy (non-hydrogen) atoms. The highest BCUT2D eigenvalue weighted by atomic mass is 16.4. The van der Waals surface area contributed by atoms with Crippen molar-refractivity contribution in [2.75, 3.05) is 6.61 Å². The van der Waals surface area contributed by atoms with Crippen LogP contribution in [0.4, 0.5) is 0 Å². The number of allylic oxidation sites excluding steroid dienone is 2. The number of carboxylic acids is 1. The van der Waals surface area contributed by atoms with Crippen molar-refractivity contribution in [2.24, 2.45) is 0 Å². The summed E-state index contributed by atoms with van der Waals surface area (Å²) in [5, 5.41) is 19.8. The number of carbonyl (C=O) groups is 2. The van der Waals surface area contributed by atoms with Crippen LogP contribution in [-0.4, -0.2) is 34.7 Å². The summed E-state index contributed by atoms with van der Waals surface area (Å²) in [5.41, 5.74) is 0. The maximum absolute atomic E-state index is 11.4. The van der Waals surface area contributed by atoms with Gasteiger partial charge in [-0.05, 0) is 26.2 Å². The first kappa shape index (κ1) is 15.6. The highest BCUT2D eigenvalue weighted by Crippen LogP contribution is 2.01. The second-order valence-corrected chi connectivity index (χ2v) is 3.79. The van der Waals surface area contributed by atoms with Crippen molar-refractivity contribution >= 4 is 11.9 Å². The standard InChI is InChI=1S/C12H21NO4/c1-2-3-4-5-6-7-11(15)13-10(8-9-14)12(16)17/h2-3,10,14H,4-9H2,1H3,(H,13,15)(H,16,17)/t10-/m0/s1. The minimum absolute atomic E-state index is 0.0413. The summed E-state index contributed by atoms with van der Waals surface area (Å²) < 4.78 is 0. The molecule has 5 heteroatoms. The third kappa shape index (κ3) is 8.45. The van der Waals surface area contributed by atoms with E-state index in [2.05, 4.69) is 5.32 Å². The van der Waals surface area contributed by atoms with Gasteiger partial charge in [-0.2, -0.15) is 0 Å². The van der Waals surface area contributed by atoms with Gasteiger partial charge in [0.1, 0.15) is 6.04 Å². The third-order valence-electron chi connectivity index (χ3n) is 2.31. The number of amides is 1. The monoisotopic (exact) mass is 243 g/mol. The number of unbranched alkanes of at least 4 members (excludes halogenated alkanes) is 2. The number of rotatable bonds is 9. The highest BCUT2D eigenvalue weighted by molar-refractivity contribution is 5.83. The van der Waals surface area contributed by atoms with Gasteiger partial charge in [-0.25, -0.2) is 4.79 Å². The topological polar surface area (TPSA) is 86.6 Å². The van der Waals surface area contributed by atoms with E-state index in [4.69, 9.17) is 10.2 Å². The Labute approximate surface area is 102 Å². The van der Waals surface area contributed by atoms with Gasteiger partial charge >= 0.3 is 5.97 Å². The van der Waals surface area contributed by atoms with Gasteiger partial charge in [0.25, 0.3) is 0 Å². The molecule has 0 heterocycles. The van der Waals surface area contributed by atoms with Crippen LogP contribution in [0.25, 0.3) is 0 Å². The van der Waals surface area contributed by atoms with Crippen molar-refractivity contribution in [1.29, 1.82) is 0 Å². The van der Waals surface area contributed by atoms with E-state index in [1.807, 2.05) is 19.1 Å². The quantitative estimate of drug-likeness (QED) is 0.417. The zero-order valence-electron chi connectivity index (χ0n) is 10.2. The van der Waals surface area contributed by atoms with E-state index in [0.29, 0.717) is 6.42 Å². The highest BCUT2D eigenvalue weighted by Gasteiger charge is 2.18. The second kappa shape index (κ2) is 9.84. The molecule has 0 aromatic rings. The van der Waals surface area contributed by atoms with Gasteiger partial charge in [0.2, 0.25) is 5.91 Å². The van der Waals surface area contributed by atoms with Crippen molar-refractivity contribution in [2.45, 2.75) is 45.1 Å². The zero-order chi connectivity index (χ0) is 13.1. The fourth-order valence-electron chi connectivity index (χ4n) is 1.37. The maximum atomic E-state index is 11.4. The van der Waals surface area contributed by atoms with Crippen molar-refractivity contribution < 1.29 is 19.8 Å². The lowest BCUT2D eigenvalue weighted by Crippen LogP contribution is -2.41. The summed E-state index contributed by atoms with van der Waals surface area (Å²) >= 11 is 0. The third-order valence-corrected chi connectivity index (χ3v) is 2.31. The number of carbonyl (C=O) groups excluding carboxylic acids is 1. The zero-order valence-corrected chi connectivity index (χ0v) is 10.2. The largest absolute Gasteiger partial charge is 0.480 e. The summed E-state index contributed by atoms with van der Waals surface area (Å²) in [4.78, 5) is 22.1. The fraction of sp³-hybridized carbons (Fsp3) is 0.667. The minimum atomic E-state index is -1.11. The van der Waals surface area contributed by atoms with Crippen molar-refractivity contribution in [1.82, 2.24) is 5.32 Å². The maximum Gasteiger partial charge on any atom is 0.326 e. The molecular weight excluding hydrogens is 222 g/mol. The van der Waals surface area contributed by atoms with E-state index < -0.39 is 12.0 Å². The summed E-state index contributed by atoms with van der Waals surface area (Å²) in [5.74, 6) is -1.38. The van der Waals surface area contributed by atoms with Crippen LogP contribution in [0.2, 0.25) is 0 Å². The van der Waals surface area contributed by atoms with E-state index in [9.17, 15) is 9.59 Å². The molecule has 0 aliphatic rings. The molecule has 98 valence electrons. The molecule has 1 atom stereocenters. The number of hydrogen-bond donors (Lipinski definition) is 3. The number of hydrogen-bond acceptors (Lipinski definition) is 3. The average Bonchev–Trinajstić information content (AvgIpc) is 2.28. The molecule has 0 unspecified atom stereocenters. The van der Waals surface area contributed by atoms with Crippen LogP contribution in [0.1, 0.15) is 39.0 Å². The van der Waals surface area contributed by atoms with Crippen LogP contribution in [0, 0.1) is 0 Å². The number of carboxylic acid groups (broad SMARTS) is 1. The molecule has 0 spiro atoms. The fourth-order valence-corrected chi connectivity index (χ4v) is 1.37. The molecule has 0 saturated heterocycles. The number of aliphatic hydroxyl groups is 1. The molecule has 0 aromatic heterocycles. The van der Waals surface area contributed by atoms with Crippen LogP contribution in [-0.2, 0) is 9.59 Å². The van der Waals surface area contributed by atoms with Crippen LogP contribution in [0.15, 0.2) is 12.2 Å². The molecule has 3 N–H and O–H groups in total. The molecule has 0 aliphatic carbocycles. The van der Waals surface area contributed by atoms with E-state index in [-0.39, 0.29) is 18.9 Å². The van der Waals surface area contributed by atoms with Crippen molar-refractivity contribution in [3.8, 4) is 0 Å². The smallest absolute Gasteiger partial charge is 0.326 e. The second-order valence-electron chi connectivity index (χ2n) is 3.79. The summed E-state index contributed by atoms with van der Waals surface area (Å²) in [6, 6.07) is -0.983. The molecule has 0 saturated carbocycles. The van der Waals surface area contributed by atoms with Crippen LogP contribution in [0.5, 0.6) is 0 Å². The molecule has 0 aromatic carbocycles. The Kier molecular flexibility index (Phi) is 9.05. The average molecular weight is 243 g/mol. The van der Waals surface area contributed by atoms with E-state index in [1.54, 1.807) is 0 Å². The first-order valence-corrected chi connectivity index (χ1v) is 5.86. The predicted molar refractivity (Wildman–Crippen MR) is 64.6 cm³/mol. The Morgan fingerprint density at radius 3 is 2.59 bits per heavy atom. The molecule has 0 bridgehead atoms. The summed E-state index contributed by atoms with van der Waals surface area (Å²) in [7, 11) is 0. The molecular formula is C12H21NO4. The Bertz CT molecular complexity index is 263. The molecule has 0 aliphatic heterocycles. The van der Waals surface area contributed by atoms with E-state index in [0.717, 1.165) is 19.3 Å². The minimum Gasteiger partial charge on any atom is -0.480 e. The molecule has 0 rings (SSSR count). The van der Waals surface area contributed by atoms with Gasteiger partial charge in [-0.15, -0.1) is 0 Å². The first-order chi connectivity index (χ1) is 8.11. The SMILES string of the molecule is CC=CCCCCC(=O)N[C@@H](CCO)C(=O)O. The number of nitrogens with one attached hydrogen (secondary N) is 1. The van der Waals surface area contributed by atoms with Gasteiger partial charge in [-0.1, -0.05) is 12.2 Å². The molecule has 0 fully saturated rings.